The van der Waals surface area contributed by atoms with Gasteiger partial charge in [0.15, 0.2) is 0 Å². The summed E-state index contributed by atoms with van der Waals surface area (Å²) in [5, 5.41) is 3.51. The summed E-state index contributed by atoms with van der Waals surface area (Å²) in [7, 11) is 0. The van der Waals surface area contributed by atoms with E-state index in [0.717, 1.165) is 5.56 Å². The lowest BCUT2D eigenvalue weighted by Crippen LogP contribution is -2.22. The molecule has 2 rings (SSSR count). The Morgan fingerprint density at radius 2 is 1.28 bits per heavy atom. The van der Waals surface area contributed by atoms with Crippen LogP contribution in [0.25, 0.3) is 0 Å². The van der Waals surface area contributed by atoms with Crippen LogP contribution in [-0.2, 0) is 0 Å². The van der Waals surface area contributed by atoms with Gasteiger partial charge in [0.1, 0.15) is 5.82 Å². The van der Waals surface area contributed by atoms with Crippen molar-refractivity contribution in [2.45, 2.75) is 25.9 Å². The van der Waals surface area contributed by atoms with E-state index >= 15 is 0 Å². The molecule has 0 aliphatic rings. The van der Waals surface area contributed by atoms with Gasteiger partial charge in [-0.25, -0.2) is 4.39 Å². The molecule has 0 unspecified atom stereocenters. The van der Waals surface area contributed by atoms with E-state index in [0.29, 0.717) is 0 Å². The molecule has 2 aromatic carbocycles. The summed E-state index contributed by atoms with van der Waals surface area (Å²) in [6.45, 7) is 4.22. The van der Waals surface area contributed by atoms with Gasteiger partial charge in [-0.2, -0.15) is 0 Å². The number of halogens is 1. The molecular formula is C16H18FN. The van der Waals surface area contributed by atoms with E-state index < -0.39 is 0 Å². The minimum Gasteiger partial charge on any atom is -0.304 e. The smallest absolute Gasteiger partial charge is 0.123 e. The third-order valence-electron chi connectivity index (χ3n) is 3.17. The SMILES string of the molecule is C[C@H](N[C@@H](C)c1ccc(F)cc1)c1ccccc1. The van der Waals surface area contributed by atoms with E-state index in [2.05, 4.69) is 31.3 Å². The molecule has 0 aromatic heterocycles. The van der Waals surface area contributed by atoms with Crippen molar-refractivity contribution in [3.63, 3.8) is 0 Å². The molecule has 18 heavy (non-hydrogen) atoms. The highest BCUT2D eigenvalue weighted by molar-refractivity contribution is 5.22. The van der Waals surface area contributed by atoms with Crippen LogP contribution in [0.1, 0.15) is 37.1 Å². The van der Waals surface area contributed by atoms with Crippen LogP contribution >= 0.6 is 0 Å². The second-order valence-corrected chi connectivity index (χ2v) is 4.57. The van der Waals surface area contributed by atoms with E-state index in [-0.39, 0.29) is 17.9 Å². The molecule has 0 bridgehead atoms. The lowest BCUT2D eigenvalue weighted by molar-refractivity contribution is 0.494. The highest BCUT2D eigenvalue weighted by Gasteiger charge is 2.10. The van der Waals surface area contributed by atoms with Crippen LogP contribution in [0.15, 0.2) is 54.6 Å². The summed E-state index contributed by atoms with van der Waals surface area (Å²) >= 11 is 0. The Balaban J connectivity index is 2.03. The first kappa shape index (κ1) is 12.8. The Kier molecular flexibility index (Phi) is 4.11. The summed E-state index contributed by atoms with van der Waals surface area (Å²) in [6, 6.07) is 17.4. The van der Waals surface area contributed by atoms with Crippen molar-refractivity contribution in [1.29, 1.82) is 0 Å². The van der Waals surface area contributed by atoms with Crippen molar-refractivity contribution >= 4 is 0 Å². The molecule has 1 N–H and O–H groups in total. The number of hydrogen-bond donors (Lipinski definition) is 1. The first-order valence-corrected chi connectivity index (χ1v) is 6.23. The Bertz CT molecular complexity index is 478. The first-order chi connectivity index (χ1) is 8.66. The minimum absolute atomic E-state index is 0.193. The standard InChI is InChI=1S/C16H18FN/c1-12(14-6-4-3-5-7-14)18-13(2)15-8-10-16(17)11-9-15/h3-13,18H,1-2H3/t12-,13-/m0/s1. The summed E-state index contributed by atoms with van der Waals surface area (Å²) in [6.07, 6.45) is 0. The van der Waals surface area contributed by atoms with Gasteiger partial charge >= 0.3 is 0 Å². The van der Waals surface area contributed by atoms with Crippen LogP contribution in [0.3, 0.4) is 0 Å². The van der Waals surface area contributed by atoms with Crippen molar-refractivity contribution < 1.29 is 4.39 Å². The van der Waals surface area contributed by atoms with Crippen molar-refractivity contribution in [2.24, 2.45) is 0 Å². The molecule has 0 aliphatic carbocycles. The lowest BCUT2D eigenvalue weighted by atomic mass is 10.0. The number of hydrogen-bond acceptors (Lipinski definition) is 1. The predicted octanol–water partition coefficient (Wildman–Crippen LogP) is 4.24. The zero-order valence-electron chi connectivity index (χ0n) is 10.7. The number of rotatable bonds is 4. The molecule has 2 aromatic rings. The Morgan fingerprint density at radius 3 is 1.83 bits per heavy atom. The van der Waals surface area contributed by atoms with Crippen LogP contribution in [-0.4, -0.2) is 0 Å². The largest absolute Gasteiger partial charge is 0.304 e. The van der Waals surface area contributed by atoms with Crippen LogP contribution in [0.2, 0.25) is 0 Å². The Hall–Kier alpha value is -1.67. The highest BCUT2D eigenvalue weighted by Crippen LogP contribution is 2.19. The molecule has 0 spiro atoms. The fourth-order valence-corrected chi connectivity index (χ4v) is 2.06. The van der Waals surface area contributed by atoms with Gasteiger partial charge in [0.25, 0.3) is 0 Å². The normalized spacial score (nSPS) is 14.2. The predicted molar refractivity (Wildman–Crippen MR) is 72.8 cm³/mol. The van der Waals surface area contributed by atoms with Crippen molar-refractivity contribution in [1.82, 2.24) is 5.32 Å². The third kappa shape index (κ3) is 3.17. The zero-order chi connectivity index (χ0) is 13.0. The van der Waals surface area contributed by atoms with Crippen LogP contribution in [0, 0.1) is 5.82 Å². The molecule has 94 valence electrons. The molecule has 0 heterocycles. The molecule has 0 saturated heterocycles. The molecule has 0 saturated carbocycles. The Morgan fingerprint density at radius 1 is 0.778 bits per heavy atom. The second kappa shape index (κ2) is 5.78. The molecule has 0 fully saturated rings. The quantitative estimate of drug-likeness (QED) is 0.847. The average Bonchev–Trinajstić information content (AvgIpc) is 2.40. The number of nitrogens with one attached hydrogen (secondary N) is 1. The maximum atomic E-state index is 12.9. The summed E-state index contributed by atoms with van der Waals surface area (Å²) in [5.41, 5.74) is 2.35. The third-order valence-corrected chi connectivity index (χ3v) is 3.17. The fourth-order valence-electron chi connectivity index (χ4n) is 2.06. The van der Waals surface area contributed by atoms with Gasteiger partial charge in [-0.3, -0.25) is 0 Å². The molecule has 1 nitrogen and oxygen atoms in total. The molecular weight excluding hydrogens is 225 g/mol. The molecule has 0 amide bonds. The topological polar surface area (TPSA) is 12.0 Å². The number of benzene rings is 2. The van der Waals surface area contributed by atoms with Gasteiger partial charge in [-0.05, 0) is 37.1 Å². The van der Waals surface area contributed by atoms with Gasteiger partial charge in [-0.15, -0.1) is 0 Å². The lowest BCUT2D eigenvalue weighted by Gasteiger charge is -2.20. The maximum Gasteiger partial charge on any atom is 0.123 e. The van der Waals surface area contributed by atoms with Crippen LogP contribution in [0.5, 0.6) is 0 Å². The minimum atomic E-state index is -0.193. The molecule has 0 radical (unpaired) electrons. The molecule has 0 aliphatic heterocycles. The Labute approximate surface area is 108 Å². The van der Waals surface area contributed by atoms with Gasteiger partial charge in [0, 0.05) is 12.1 Å². The van der Waals surface area contributed by atoms with E-state index in [1.807, 2.05) is 30.3 Å². The van der Waals surface area contributed by atoms with Gasteiger partial charge in [-0.1, -0.05) is 42.5 Å². The van der Waals surface area contributed by atoms with Crippen molar-refractivity contribution in [3.05, 3.63) is 71.5 Å². The summed E-state index contributed by atoms with van der Waals surface area (Å²) < 4.78 is 12.9. The van der Waals surface area contributed by atoms with Gasteiger partial charge in [0.2, 0.25) is 0 Å². The highest BCUT2D eigenvalue weighted by atomic mass is 19.1. The monoisotopic (exact) mass is 243 g/mol. The second-order valence-electron chi connectivity index (χ2n) is 4.57. The van der Waals surface area contributed by atoms with E-state index in [1.165, 1.54) is 17.7 Å². The van der Waals surface area contributed by atoms with Crippen LogP contribution in [0.4, 0.5) is 4.39 Å². The van der Waals surface area contributed by atoms with E-state index in [1.54, 1.807) is 0 Å². The first-order valence-electron chi connectivity index (χ1n) is 6.23. The summed E-state index contributed by atoms with van der Waals surface area (Å²) in [5.74, 6) is -0.193. The zero-order valence-corrected chi connectivity index (χ0v) is 10.7. The van der Waals surface area contributed by atoms with Gasteiger partial charge in [0.05, 0.1) is 0 Å². The fraction of sp³-hybridized carbons (Fsp3) is 0.250. The summed E-state index contributed by atoms with van der Waals surface area (Å²) in [4.78, 5) is 0. The van der Waals surface area contributed by atoms with Crippen LogP contribution < -0.4 is 5.32 Å². The average molecular weight is 243 g/mol. The van der Waals surface area contributed by atoms with Crippen molar-refractivity contribution in [2.75, 3.05) is 0 Å². The maximum absolute atomic E-state index is 12.9. The van der Waals surface area contributed by atoms with Gasteiger partial charge < -0.3 is 5.32 Å². The molecule has 2 heteroatoms. The van der Waals surface area contributed by atoms with E-state index in [9.17, 15) is 4.39 Å². The van der Waals surface area contributed by atoms with E-state index in [4.69, 9.17) is 0 Å². The van der Waals surface area contributed by atoms with Crippen molar-refractivity contribution in [3.8, 4) is 0 Å². The molecule has 2 atom stereocenters.